The third-order valence-corrected chi connectivity index (χ3v) is 3.43. The topological polar surface area (TPSA) is 49.3 Å². The molecular formula is C16H15Cl2NO2. The van der Waals surface area contributed by atoms with Crippen LogP contribution in [0.25, 0.3) is 0 Å². The van der Waals surface area contributed by atoms with Gasteiger partial charge in [0.1, 0.15) is 5.75 Å². The molecule has 0 heterocycles. The normalized spacial score (nSPS) is 10.4. The quantitative estimate of drug-likeness (QED) is 0.815. The average molecular weight is 324 g/mol. The zero-order valence-electron chi connectivity index (χ0n) is 11.3. The Kier molecular flexibility index (Phi) is 5.48. The molecule has 1 amide bonds. The summed E-state index contributed by atoms with van der Waals surface area (Å²) in [5, 5.41) is 12.9. The molecule has 110 valence electrons. The average Bonchev–Trinajstić information content (AvgIpc) is 2.44. The number of carbonyl (C=O) groups excluding carboxylic acids is 1. The van der Waals surface area contributed by atoms with Crippen molar-refractivity contribution in [3.63, 3.8) is 0 Å². The van der Waals surface area contributed by atoms with Gasteiger partial charge in [0.15, 0.2) is 0 Å². The van der Waals surface area contributed by atoms with Gasteiger partial charge in [-0.05, 0) is 48.7 Å². The van der Waals surface area contributed by atoms with Crippen LogP contribution in [0, 0.1) is 0 Å². The number of nitrogens with one attached hydrogen (secondary N) is 1. The fourth-order valence-corrected chi connectivity index (χ4v) is 2.47. The first-order valence-electron chi connectivity index (χ1n) is 6.57. The predicted molar refractivity (Wildman–Crippen MR) is 85.2 cm³/mol. The molecule has 0 aromatic heterocycles. The van der Waals surface area contributed by atoms with Crippen LogP contribution in [0.15, 0.2) is 42.5 Å². The Bertz CT molecular complexity index is 606. The fraction of sp³-hybridized carbons (Fsp3) is 0.188. The molecular weight excluding hydrogens is 309 g/mol. The third-order valence-electron chi connectivity index (χ3n) is 2.99. The number of halogens is 2. The molecule has 0 saturated carbocycles. The summed E-state index contributed by atoms with van der Waals surface area (Å²) in [6, 6.07) is 11.8. The highest BCUT2D eigenvalue weighted by Crippen LogP contribution is 2.19. The van der Waals surface area contributed by atoms with Crippen LogP contribution in [0.4, 0.5) is 0 Å². The van der Waals surface area contributed by atoms with Gasteiger partial charge in [-0.15, -0.1) is 0 Å². The Morgan fingerprint density at radius 3 is 2.29 bits per heavy atom. The van der Waals surface area contributed by atoms with E-state index in [0.29, 0.717) is 22.2 Å². The molecule has 2 aromatic carbocycles. The molecule has 0 bridgehead atoms. The molecule has 0 atom stereocenters. The zero-order chi connectivity index (χ0) is 15.2. The highest BCUT2D eigenvalue weighted by Gasteiger charge is 2.07. The maximum atomic E-state index is 11.9. The van der Waals surface area contributed by atoms with Crippen LogP contribution >= 0.6 is 23.2 Å². The number of phenolic OH excluding ortho intramolecular Hbond substituents is 1. The Hall–Kier alpha value is -1.71. The van der Waals surface area contributed by atoms with Crippen LogP contribution in [0.1, 0.15) is 22.3 Å². The summed E-state index contributed by atoms with van der Waals surface area (Å²) in [4.78, 5) is 11.9. The van der Waals surface area contributed by atoms with Crippen molar-refractivity contribution in [1.82, 2.24) is 5.32 Å². The lowest BCUT2D eigenvalue weighted by Gasteiger charge is -2.06. The molecule has 2 N–H and O–H groups in total. The van der Waals surface area contributed by atoms with Gasteiger partial charge in [-0.1, -0.05) is 35.3 Å². The van der Waals surface area contributed by atoms with Crippen LogP contribution in [0.3, 0.4) is 0 Å². The second-order valence-electron chi connectivity index (χ2n) is 4.68. The number of aryl methyl sites for hydroxylation is 1. The maximum Gasteiger partial charge on any atom is 0.251 e. The number of hydrogen-bond donors (Lipinski definition) is 2. The van der Waals surface area contributed by atoms with Crippen molar-refractivity contribution in [3.05, 3.63) is 63.6 Å². The largest absolute Gasteiger partial charge is 0.508 e. The second-order valence-corrected chi connectivity index (χ2v) is 5.56. The van der Waals surface area contributed by atoms with Gasteiger partial charge < -0.3 is 10.4 Å². The van der Waals surface area contributed by atoms with E-state index in [0.717, 1.165) is 18.4 Å². The van der Waals surface area contributed by atoms with Crippen molar-refractivity contribution in [3.8, 4) is 5.75 Å². The molecule has 5 heteroatoms. The van der Waals surface area contributed by atoms with Gasteiger partial charge in [0, 0.05) is 22.2 Å². The summed E-state index contributed by atoms with van der Waals surface area (Å²) in [6.07, 6.45) is 1.64. The monoisotopic (exact) mass is 323 g/mol. The first kappa shape index (κ1) is 15.7. The Balaban J connectivity index is 1.80. The molecule has 0 unspecified atom stereocenters. The van der Waals surface area contributed by atoms with E-state index in [1.807, 2.05) is 12.1 Å². The smallest absolute Gasteiger partial charge is 0.251 e. The van der Waals surface area contributed by atoms with E-state index in [1.54, 1.807) is 30.3 Å². The second kappa shape index (κ2) is 7.34. The molecule has 2 aromatic rings. The summed E-state index contributed by atoms with van der Waals surface area (Å²) in [6.45, 7) is 0.559. The SMILES string of the molecule is O=C(NCCCc1ccc(O)cc1)c1cc(Cl)cc(Cl)c1. The lowest BCUT2D eigenvalue weighted by atomic mass is 10.1. The van der Waals surface area contributed by atoms with E-state index in [2.05, 4.69) is 5.32 Å². The van der Waals surface area contributed by atoms with Crippen molar-refractivity contribution in [1.29, 1.82) is 0 Å². The van der Waals surface area contributed by atoms with E-state index in [4.69, 9.17) is 23.2 Å². The van der Waals surface area contributed by atoms with E-state index >= 15 is 0 Å². The number of aromatic hydroxyl groups is 1. The number of carbonyl (C=O) groups is 1. The van der Waals surface area contributed by atoms with E-state index in [9.17, 15) is 9.90 Å². The van der Waals surface area contributed by atoms with Crippen molar-refractivity contribution in [2.45, 2.75) is 12.8 Å². The van der Waals surface area contributed by atoms with Crippen LogP contribution in [0.5, 0.6) is 5.75 Å². The molecule has 2 rings (SSSR count). The Morgan fingerprint density at radius 2 is 1.67 bits per heavy atom. The third kappa shape index (κ3) is 4.96. The molecule has 3 nitrogen and oxygen atoms in total. The van der Waals surface area contributed by atoms with Crippen molar-refractivity contribution >= 4 is 29.1 Å². The maximum absolute atomic E-state index is 11.9. The zero-order valence-corrected chi connectivity index (χ0v) is 12.8. The van der Waals surface area contributed by atoms with Crippen LogP contribution in [0.2, 0.25) is 10.0 Å². The number of phenols is 1. The number of hydrogen-bond acceptors (Lipinski definition) is 2. The minimum absolute atomic E-state index is 0.190. The van der Waals surface area contributed by atoms with Crippen molar-refractivity contribution in [2.24, 2.45) is 0 Å². The number of rotatable bonds is 5. The van der Waals surface area contributed by atoms with Gasteiger partial charge in [-0.2, -0.15) is 0 Å². The van der Waals surface area contributed by atoms with Gasteiger partial charge >= 0.3 is 0 Å². The molecule has 0 saturated heterocycles. The van der Waals surface area contributed by atoms with Crippen LogP contribution in [-0.4, -0.2) is 17.6 Å². The summed E-state index contributed by atoms with van der Waals surface area (Å²) < 4.78 is 0. The van der Waals surface area contributed by atoms with E-state index in [-0.39, 0.29) is 11.7 Å². The lowest BCUT2D eigenvalue weighted by Crippen LogP contribution is -2.24. The summed E-state index contributed by atoms with van der Waals surface area (Å²) >= 11 is 11.7. The van der Waals surface area contributed by atoms with Crippen molar-refractivity contribution < 1.29 is 9.90 Å². The Morgan fingerprint density at radius 1 is 1.05 bits per heavy atom. The standard InChI is InChI=1S/C16H15Cl2NO2/c17-13-8-12(9-14(18)10-13)16(21)19-7-1-2-11-3-5-15(20)6-4-11/h3-6,8-10,20H,1-2,7H2,(H,19,21). The van der Waals surface area contributed by atoms with Gasteiger partial charge in [0.05, 0.1) is 0 Å². The lowest BCUT2D eigenvalue weighted by molar-refractivity contribution is 0.0953. The van der Waals surface area contributed by atoms with Crippen LogP contribution < -0.4 is 5.32 Å². The molecule has 0 fully saturated rings. The first-order chi connectivity index (χ1) is 10.0. The molecule has 0 aliphatic carbocycles. The highest BCUT2D eigenvalue weighted by atomic mass is 35.5. The Labute approximate surface area is 133 Å². The van der Waals surface area contributed by atoms with Gasteiger partial charge in [-0.3, -0.25) is 4.79 Å². The molecule has 0 aliphatic rings. The van der Waals surface area contributed by atoms with E-state index < -0.39 is 0 Å². The minimum Gasteiger partial charge on any atom is -0.508 e. The summed E-state index contributed by atoms with van der Waals surface area (Å²) in [5.41, 5.74) is 1.57. The van der Waals surface area contributed by atoms with Gasteiger partial charge in [-0.25, -0.2) is 0 Å². The summed E-state index contributed by atoms with van der Waals surface area (Å²) in [5.74, 6) is 0.0648. The summed E-state index contributed by atoms with van der Waals surface area (Å²) in [7, 11) is 0. The minimum atomic E-state index is -0.190. The van der Waals surface area contributed by atoms with Crippen LogP contribution in [-0.2, 0) is 6.42 Å². The van der Waals surface area contributed by atoms with E-state index in [1.165, 1.54) is 0 Å². The van der Waals surface area contributed by atoms with Crippen molar-refractivity contribution in [2.75, 3.05) is 6.54 Å². The number of amides is 1. The van der Waals surface area contributed by atoms with Gasteiger partial charge in [0.25, 0.3) is 5.91 Å². The molecule has 0 aliphatic heterocycles. The number of benzene rings is 2. The molecule has 0 spiro atoms. The van der Waals surface area contributed by atoms with Gasteiger partial charge in [0.2, 0.25) is 0 Å². The molecule has 0 radical (unpaired) electrons. The first-order valence-corrected chi connectivity index (χ1v) is 7.32. The predicted octanol–water partition coefficient (Wildman–Crippen LogP) is 4.06. The fourth-order valence-electron chi connectivity index (χ4n) is 1.94. The molecule has 21 heavy (non-hydrogen) atoms. The highest BCUT2D eigenvalue weighted by molar-refractivity contribution is 6.35.